The summed E-state index contributed by atoms with van der Waals surface area (Å²) in [7, 11) is 0. The summed E-state index contributed by atoms with van der Waals surface area (Å²) < 4.78 is 5.52. The number of ether oxygens (including phenoxy) is 1. The van der Waals surface area contributed by atoms with E-state index < -0.39 is 5.92 Å². The molecular weight excluding hydrogens is 326 g/mol. The third-order valence-corrected chi connectivity index (χ3v) is 4.48. The molecule has 1 heterocycles. The van der Waals surface area contributed by atoms with Crippen LogP contribution in [0.5, 0.6) is 5.75 Å². The second-order valence-electron chi connectivity index (χ2n) is 6.05. The number of hydrogen-bond acceptors (Lipinski definition) is 3. The Morgan fingerprint density at radius 3 is 2.71 bits per heavy atom. The molecule has 1 amide bonds. The second kappa shape index (κ2) is 6.65. The van der Waals surface area contributed by atoms with Gasteiger partial charge in [0.1, 0.15) is 5.75 Å². The first-order valence-corrected chi connectivity index (χ1v) is 8.17. The highest BCUT2D eigenvalue weighted by molar-refractivity contribution is 6.33. The molecule has 0 bridgehead atoms. The van der Waals surface area contributed by atoms with Gasteiger partial charge in [-0.05, 0) is 43.2 Å². The molecule has 2 aromatic rings. The predicted molar refractivity (Wildman–Crippen MR) is 93.5 cm³/mol. The molecule has 1 fully saturated rings. The molecule has 5 heteroatoms. The minimum absolute atomic E-state index is 0.119. The van der Waals surface area contributed by atoms with Gasteiger partial charge in [0.05, 0.1) is 16.6 Å². The van der Waals surface area contributed by atoms with E-state index in [4.69, 9.17) is 16.3 Å². The average molecular weight is 344 g/mol. The maximum absolute atomic E-state index is 12.5. The number of rotatable bonds is 3. The van der Waals surface area contributed by atoms with Crippen LogP contribution in [0.25, 0.3) is 0 Å². The standard InChI is InChI=1S/C19H18ClNO3/c1-12-7-8-13(2)17(9-12)24-19(23)14-10-18(22)21(11-14)16-6-4-3-5-15(16)20/h3-9,14H,10-11H2,1-2H3/t14-/m1/s1. The number of amides is 1. The van der Waals surface area contributed by atoms with Gasteiger partial charge in [-0.3, -0.25) is 9.59 Å². The molecule has 1 saturated heterocycles. The smallest absolute Gasteiger partial charge is 0.316 e. The molecule has 4 nitrogen and oxygen atoms in total. The van der Waals surface area contributed by atoms with Crippen LogP contribution >= 0.6 is 11.6 Å². The molecule has 0 N–H and O–H groups in total. The van der Waals surface area contributed by atoms with Gasteiger partial charge < -0.3 is 9.64 Å². The Labute approximate surface area is 146 Å². The summed E-state index contributed by atoms with van der Waals surface area (Å²) in [5.74, 6) is -0.449. The van der Waals surface area contributed by atoms with E-state index in [1.54, 1.807) is 23.1 Å². The lowest BCUT2D eigenvalue weighted by Crippen LogP contribution is -2.27. The summed E-state index contributed by atoms with van der Waals surface area (Å²) in [6.07, 6.45) is 0.134. The lowest BCUT2D eigenvalue weighted by atomic mass is 10.1. The van der Waals surface area contributed by atoms with Crippen molar-refractivity contribution in [1.29, 1.82) is 0 Å². The van der Waals surface area contributed by atoms with Gasteiger partial charge in [-0.1, -0.05) is 35.9 Å². The summed E-state index contributed by atoms with van der Waals surface area (Å²) in [5.41, 5.74) is 2.54. The number of para-hydroxylation sites is 1. The zero-order chi connectivity index (χ0) is 17.3. The van der Waals surface area contributed by atoms with E-state index in [1.165, 1.54) is 0 Å². The Morgan fingerprint density at radius 1 is 1.21 bits per heavy atom. The summed E-state index contributed by atoms with van der Waals surface area (Å²) in [6, 6.07) is 12.8. The second-order valence-corrected chi connectivity index (χ2v) is 6.45. The molecule has 1 aliphatic rings. The number of anilines is 1. The van der Waals surface area contributed by atoms with Crippen LogP contribution in [0.2, 0.25) is 5.02 Å². The Bertz CT molecular complexity index is 803. The Morgan fingerprint density at radius 2 is 1.96 bits per heavy atom. The fraction of sp³-hybridized carbons (Fsp3) is 0.263. The molecule has 0 spiro atoms. The molecule has 0 aliphatic carbocycles. The Hall–Kier alpha value is -2.33. The summed E-state index contributed by atoms with van der Waals surface area (Å²) >= 11 is 6.15. The van der Waals surface area contributed by atoms with Gasteiger partial charge in [-0.2, -0.15) is 0 Å². The van der Waals surface area contributed by atoms with E-state index >= 15 is 0 Å². The van der Waals surface area contributed by atoms with Crippen molar-refractivity contribution in [1.82, 2.24) is 0 Å². The van der Waals surface area contributed by atoms with Crippen LogP contribution in [0, 0.1) is 19.8 Å². The van der Waals surface area contributed by atoms with Crippen molar-refractivity contribution < 1.29 is 14.3 Å². The normalized spacial score (nSPS) is 17.2. The van der Waals surface area contributed by atoms with Crippen molar-refractivity contribution in [3.05, 3.63) is 58.6 Å². The molecule has 24 heavy (non-hydrogen) atoms. The van der Waals surface area contributed by atoms with Gasteiger partial charge in [0, 0.05) is 13.0 Å². The molecule has 3 rings (SSSR count). The minimum atomic E-state index is -0.492. The zero-order valence-corrected chi connectivity index (χ0v) is 14.3. The lowest BCUT2D eigenvalue weighted by molar-refractivity contribution is -0.139. The van der Waals surface area contributed by atoms with Crippen LogP contribution in [0.4, 0.5) is 5.69 Å². The van der Waals surface area contributed by atoms with E-state index in [9.17, 15) is 9.59 Å². The number of carbonyl (C=O) groups is 2. The first kappa shape index (κ1) is 16.5. The average Bonchev–Trinajstić information content (AvgIpc) is 2.93. The van der Waals surface area contributed by atoms with Gasteiger partial charge in [0.25, 0.3) is 0 Å². The highest BCUT2D eigenvalue weighted by Crippen LogP contribution is 2.32. The van der Waals surface area contributed by atoms with Gasteiger partial charge in [0.15, 0.2) is 0 Å². The van der Waals surface area contributed by atoms with E-state index in [2.05, 4.69) is 0 Å². The van der Waals surface area contributed by atoms with Gasteiger partial charge >= 0.3 is 5.97 Å². The lowest BCUT2D eigenvalue weighted by Gasteiger charge is -2.18. The molecule has 0 radical (unpaired) electrons. The summed E-state index contributed by atoms with van der Waals surface area (Å²) in [5, 5.41) is 0.495. The monoisotopic (exact) mass is 343 g/mol. The quantitative estimate of drug-likeness (QED) is 0.627. The molecule has 2 aromatic carbocycles. The largest absolute Gasteiger partial charge is 0.426 e. The van der Waals surface area contributed by atoms with Crippen LogP contribution in [0.15, 0.2) is 42.5 Å². The maximum Gasteiger partial charge on any atom is 0.316 e. The van der Waals surface area contributed by atoms with Crippen molar-refractivity contribution in [3.8, 4) is 5.75 Å². The van der Waals surface area contributed by atoms with E-state index in [0.717, 1.165) is 11.1 Å². The highest BCUT2D eigenvalue weighted by atomic mass is 35.5. The van der Waals surface area contributed by atoms with E-state index in [-0.39, 0.29) is 24.8 Å². The summed E-state index contributed by atoms with van der Waals surface area (Å²) in [6.45, 7) is 4.11. The predicted octanol–water partition coefficient (Wildman–Crippen LogP) is 3.92. The van der Waals surface area contributed by atoms with Crippen LogP contribution in [-0.4, -0.2) is 18.4 Å². The first-order valence-electron chi connectivity index (χ1n) is 7.79. The topological polar surface area (TPSA) is 46.6 Å². The molecule has 0 unspecified atom stereocenters. The molecule has 0 aromatic heterocycles. The number of aryl methyl sites for hydroxylation is 2. The van der Waals surface area contributed by atoms with Gasteiger partial charge in [-0.25, -0.2) is 0 Å². The summed E-state index contributed by atoms with van der Waals surface area (Å²) in [4.78, 5) is 26.3. The number of halogens is 1. The number of nitrogens with zero attached hydrogens (tertiary/aromatic N) is 1. The fourth-order valence-corrected chi connectivity index (χ4v) is 3.02. The first-order chi connectivity index (χ1) is 11.5. The fourth-order valence-electron chi connectivity index (χ4n) is 2.78. The van der Waals surface area contributed by atoms with Crippen molar-refractivity contribution in [2.75, 3.05) is 11.4 Å². The molecule has 0 saturated carbocycles. The van der Waals surface area contributed by atoms with Crippen molar-refractivity contribution in [3.63, 3.8) is 0 Å². The van der Waals surface area contributed by atoms with Crippen molar-refractivity contribution in [2.24, 2.45) is 5.92 Å². The van der Waals surface area contributed by atoms with Crippen LogP contribution in [0.3, 0.4) is 0 Å². The van der Waals surface area contributed by atoms with Crippen LogP contribution in [0.1, 0.15) is 17.5 Å². The van der Waals surface area contributed by atoms with Gasteiger partial charge in [-0.15, -0.1) is 0 Å². The Kier molecular flexibility index (Phi) is 4.58. The maximum atomic E-state index is 12.5. The molecular formula is C19H18ClNO3. The number of esters is 1. The molecule has 124 valence electrons. The van der Waals surface area contributed by atoms with Crippen molar-refractivity contribution in [2.45, 2.75) is 20.3 Å². The minimum Gasteiger partial charge on any atom is -0.426 e. The van der Waals surface area contributed by atoms with Crippen LogP contribution in [-0.2, 0) is 9.59 Å². The van der Waals surface area contributed by atoms with E-state index in [0.29, 0.717) is 16.5 Å². The number of carbonyl (C=O) groups excluding carboxylic acids is 2. The third kappa shape index (κ3) is 3.29. The third-order valence-electron chi connectivity index (χ3n) is 4.16. The van der Waals surface area contributed by atoms with Crippen LogP contribution < -0.4 is 9.64 Å². The molecule has 1 atom stereocenters. The number of benzene rings is 2. The molecule has 1 aliphatic heterocycles. The SMILES string of the molecule is Cc1ccc(C)c(OC(=O)[C@@H]2CC(=O)N(c3ccccc3Cl)C2)c1. The zero-order valence-electron chi connectivity index (χ0n) is 13.6. The Balaban J connectivity index is 1.75. The van der Waals surface area contributed by atoms with Crippen molar-refractivity contribution >= 4 is 29.2 Å². The van der Waals surface area contributed by atoms with E-state index in [1.807, 2.05) is 38.1 Å². The highest BCUT2D eigenvalue weighted by Gasteiger charge is 2.37. The van der Waals surface area contributed by atoms with Gasteiger partial charge in [0.2, 0.25) is 5.91 Å². The number of hydrogen-bond donors (Lipinski definition) is 0.